The molecule has 0 aliphatic carbocycles. The number of ether oxygens (including phenoxy) is 1. The second-order valence-corrected chi connectivity index (χ2v) is 4.20. The van der Waals surface area contributed by atoms with Crippen LogP contribution >= 0.6 is 15.9 Å². The lowest BCUT2D eigenvalue weighted by molar-refractivity contribution is 0.414. The van der Waals surface area contributed by atoms with E-state index in [0.29, 0.717) is 21.3 Å². The van der Waals surface area contributed by atoms with Crippen molar-refractivity contribution >= 4 is 34.8 Å². The van der Waals surface area contributed by atoms with E-state index in [1.807, 2.05) is 0 Å². The minimum absolute atomic E-state index is 0.243. The Morgan fingerprint density at radius 1 is 1.26 bits per heavy atom. The first-order valence-electron chi connectivity index (χ1n) is 5.03. The van der Waals surface area contributed by atoms with Gasteiger partial charge in [-0.05, 0) is 22.0 Å². The van der Waals surface area contributed by atoms with Gasteiger partial charge in [-0.15, -0.1) is 0 Å². The summed E-state index contributed by atoms with van der Waals surface area (Å²) in [6.45, 7) is 0. The summed E-state index contributed by atoms with van der Waals surface area (Å²) in [5.74, 6) is 0.496. The van der Waals surface area contributed by atoms with E-state index in [1.54, 1.807) is 6.07 Å². The van der Waals surface area contributed by atoms with Crippen molar-refractivity contribution in [2.45, 2.75) is 0 Å². The Balaban J connectivity index is 2.55. The number of aromatic nitrogens is 2. The predicted octanol–water partition coefficient (Wildman–Crippen LogP) is 2.48. The summed E-state index contributed by atoms with van der Waals surface area (Å²) in [7, 11) is 0. The molecule has 0 amide bonds. The molecule has 0 saturated carbocycles. The number of pyridine rings is 1. The molecule has 8 heteroatoms. The third-order valence-electron chi connectivity index (χ3n) is 2.28. The lowest BCUT2D eigenvalue weighted by atomic mass is 10.1. The largest absolute Gasteiger partial charge is 0.427 e. The molecule has 19 heavy (non-hydrogen) atoms. The van der Waals surface area contributed by atoms with Gasteiger partial charge in [0, 0.05) is 18.0 Å². The fraction of sp³-hybridized carbons (Fsp3) is 0. The lowest BCUT2D eigenvalue weighted by Crippen LogP contribution is -1.94. The van der Waals surface area contributed by atoms with Gasteiger partial charge < -0.3 is 20.1 Å². The minimum atomic E-state index is 0.243. The van der Waals surface area contributed by atoms with Gasteiger partial charge >= 0.3 is 0 Å². The van der Waals surface area contributed by atoms with Gasteiger partial charge in [-0.1, -0.05) is 5.16 Å². The second kappa shape index (κ2) is 5.53. The summed E-state index contributed by atoms with van der Waals surface area (Å²) in [6.07, 6.45) is 4.33. The maximum atomic E-state index is 7.27. The maximum absolute atomic E-state index is 7.27. The third-order valence-corrected chi connectivity index (χ3v) is 2.85. The van der Waals surface area contributed by atoms with Crippen LogP contribution in [0.4, 0.5) is 0 Å². The topological polar surface area (TPSA) is 120 Å². The standard InChI is InChI=1S/C11H8BrN5O2/c12-7-1-6(4-16-11(7)18-5-15)10-8(2-13)17-19-9(10)3-14/h1-5,13-15H. The monoisotopic (exact) mass is 321 g/mol. The molecule has 0 unspecified atom stereocenters. The van der Waals surface area contributed by atoms with Crippen LogP contribution in [-0.4, -0.2) is 29.0 Å². The van der Waals surface area contributed by atoms with Crippen molar-refractivity contribution in [1.82, 2.24) is 10.1 Å². The van der Waals surface area contributed by atoms with Crippen molar-refractivity contribution in [3.63, 3.8) is 0 Å². The first kappa shape index (κ1) is 13.1. The van der Waals surface area contributed by atoms with E-state index < -0.39 is 0 Å². The first-order chi connectivity index (χ1) is 9.21. The Kier molecular flexibility index (Phi) is 3.81. The number of rotatable bonds is 5. The molecule has 0 radical (unpaired) electrons. The summed E-state index contributed by atoms with van der Waals surface area (Å²) in [5, 5.41) is 25.1. The van der Waals surface area contributed by atoms with Gasteiger partial charge in [-0.25, -0.2) is 4.98 Å². The molecule has 0 fully saturated rings. The Morgan fingerprint density at radius 2 is 2.05 bits per heavy atom. The van der Waals surface area contributed by atoms with Crippen LogP contribution in [0.5, 0.6) is 5.88 Å². The van der Waals surface area contributed by atoms with E-state index in [4.69, 9.17) is 25.5 Å². The Labute approximate surface area is 116 Å². The van der Waals surface area contributed by atoms with Crippen LogP contribution in [0.15, 0.2) is 21.3 Å². The number of hydrogen-bond acceptors (Lipinski definition) is 7. The molecule has 0 atom stereocenters. The van der Waals surface area contributed by atoms with Crippen LogP contribution in [0.25, 0.3) is 11.1 Å². The number of halogens is 1. The molecular formula is C11H8BrN5O2. The molecule has 0 saturated heterocycles. The van der Waals surface area contributed by atoms with E-state index in [2.05, 4.69) is 26.1 Å². The van der Waals surface area contributed by atoms with Crippen LogP contribution < -0.4 is 4.74 Å². The molecule has 2 heterocycles. The summed E-state index contributed by atoms with van der Waals surface area (Å²) in [6, 6.07) is 1.69. The van der Waals surface area contributed by atoms with Crippen LogP contribution in [0.2, 0.25) is 0 Å². The van der Waals surface area contributed by atoms with E-state index in [1.165, 1.54) is 6.20 Å². The van der Waals surface area contributed by atoms with Crippen LogP contribution in [0.1, 0.15) is 11.5 Å². The highest BCUT2D eigenvalue weighted by atomic mass is 79.9. The summed E-state index contributed by atoms with van der Waals surface area (Å²) >= 11 is 3.27. The van der Waals surface area contributed by atoms with Crippen LogP contribution in [0, 0.1) is 16.2 Å². The Bertz CT molecular complexity index is 627. The molecule has 0 spiro atoms. The van der Waals surface area contributed by atoms with Gasteiger partial charge in [0.15, 0.2) is 12.2 Å². The van der Waals surface area contributed by atoms with E-state index >= 15 is 0 Å². The van der Waals surface area contributed by atoms with Gasteiger partial charge in [-0.3, -0.25) is 5.41 Å². The zero-order chi connectivity index (χ0) is 13.8. The zero-order valence-electron chi connectivity index (χ0n) is 9.48. The van der Waals surface area contributed by atoms with Crippen LogP contribution in [0.3, 0.4) is 0 Å². The SMILES string of the molecule is N=COc1ncc(-c2c(C=N)noc2C=N)cc1Br. The van der Waals surface area contributed by atoms with Crippen molar-refractivity contribution in [3.8, 4) is 17.0 Å². The van der Waals surface area contributed by atoms with Gasteiger partial charge in [0.25, 0.3) is 0 Å². The van der Waals surface area contributed by atoms with E-state index in [0.717, 1.165) is 18.8 Å². The van der Waals surface area contributed by atoms with E-state index in [-0.39, 0.29) is 11.6 Å². The molecule has 2 aromatic heterocycles. The summed E-state index contributed by atoms with van der Waals surface area (Å²) in [4.78, 5) is 4.03. The first-order valence-corrected chi connectivity index (χ1v) is 5.82. The van der Waals surface area contributed by atoms with Gasteiger partial charge in [0.05, 0.1) is 16.3 Å². The molecule has 7 nitrogen and oxygen atoms in total. The molecule has 2 rings (SSSR count). The van der Waals surface area contributed by atoms with Gasteiger partial charge in [-0.2, -0.15) is 0 Å². The normalized spacial score (nSPS) is 9.95. The molecule has 2 aromatic rings. The average molecular weight is 322 g/mol. The highest BCUT2D eigenvalue weighted by molar-refractivity contribution is 9.10. The fourth-order valence-corrected chi connectivity index (χ4v) is 1.95. The molecule has 0 aromatic carbocycles. The fourth-order valence-electron chi connectivity index (χ4n) is 1.51. The van der Waals surface area contributed by atoms with Crippen LogP contribution in [-0.2, 0) is 0 Å². The highest BCUT2D eigenvalue weighted by Gasteiger charge is 2.16. The quantitative estimate of drug-likeness (QED) is 0.578. The lowest BCUT2D eigenvalue weighted by Gasteiger charge is -2.04. The molecule has 0 bridgehead atoms. The second-order valence-electron chi connectivity index (χ2n) is 3.34. The molecule has 3 N–H and O–H groups in total. The predicted molar refractivity (Wildman–Crippen MR) is 72.6 cm³/mol. The molecular weight excluding hydrogens is 314 g/mol. The average Bonchev–Trinajstić information content (AvgIpc) is 2.84. The van der Waals surface area contributed by atoms with Crippen molar-refractivity contribution in [2.75, 3.05) is 0 Å². The van der Waals surface area contributed by atoms with Crippen molar-refractivity contribution in [3.05, 3.63) is 28.2 Å². The third kappa shape index (κ3) is 2.43. The highest BCUT2D eigenvalue weighted by Crippen LogP contribution is 2.31. The molecule has 0 aliphatic heterocycles. The molecule has 96 valence electrons. The number of nitrogens with one attached hydrogen (secondary N) is 3. The number of hydrogen-bond donors (Lipinski definition) is 3. The van der Waals surface area contributed by atoms with Crippen molar-refractivity contribution in [2.24, 2.45) is 0 Å². The smallest absolute Gasteiger partial charge is 0.234 e. The minimum Gasteiger partial charge on any atom is -0.427 e. The molecule has 0 aliphatic rings. The zero-order valence-corrected chi connectivity index (χ0v) is 11.1. The van der Waals surface area contributed by atoms with Gasteiger partial charge in [0.2, 0.25) is 5.88 Å². The van der Waals surface area contributed by atoms with Crippen molar-refractivity contribution in [1.29, 1.82) is 16.2 Å². The number of nitrogens with zero attached hydrogens (tertiary/aromatic N) is 2. The van der Waals surface area contributed by atoms with Gasteiger partial charge in [0.1, 0.15) is 5.69 Å². The maximum Gasteiger partial charge on any atom is 0.234 e. The Morgan fingerprint density at radius 3 is 2.63 bits per heavy atom. The van der Waals surface area contributed by atoms with Crippen molar-refractivity contribution < 1.29 is 9.26 Å². The summed E-state index contributed by atoms with van der Waals surface area (Å²) in [5.41, 5.74) is 1.45. The summed E-state index contributed by atoms with van der Waals surface area (Å²) < 4.78 is 10.4. The van der Waals surface area contributed by atoms with E-state index in [9.17, 15) is 0 Å². The Hall–Kier alpha value is -2.35.